The molecule has 0 saturated carbocycles. The molecule has 0 N–H and O–H groups in total. The second-order valence-electron chi connectivity index (χ2n) is 12.2. The molecule has 167 valence electrons. The van der Waals surface area contributed by atoms with Crippen molar-refractivity contribution >= 4 is 8.78 Å². The monoisotopic (exact) mass is 501 g/mol. The summed E-state index contributed by atoms with van der Waals surface area (Å²) in [7, 11) is 0. The van der Waals surface area contributed by atoms with Crippen LogP contribution in [0.3, 0.4) is 0 Å². The Hall–Kier alpha value is -1.33. The minimum absolute atomic E-state index is 0.126. The zero-order valence-electron chi connectivity index (χ0n) is 21.7. The van der Waals surface area contributed by atoms with E-state index in [1.165, 1.54) is 39.0 Å². The maximum atomic E-state index is 2.54. The molecule has 0 saturated heterocycles. The van der Waals surface area contributed by atoms with Crippen LogP contribution in [0.25, 0.3) is 16.7 Å². The molecule has 1 heteroatoms. The summed E-state index contributed by atoms with van der Waals surface area (Å²) >= 11 is -0.732. The SMILES string of the molecule is CC1=CC(C)C(c2cc(C(C)(C)C)cc3c2[CH]([Zr]=[C](C)C)c2ccc(C(C)(C)C)cc2-3)=C1. The van der Waals surface area contributed by atoms with Crippen molar-refractivity contribution in [1.29, 1.82) is 0 Å². The van der Waals surface area contributed by atoms with Gasteiger partial charge in [-0.1, -0.05) is 0 Å². The Morgan fingerprint density at radius 1 is 0.812 bits per heavy atom. The average Bonchev–Trinajstić information content (AvgIpc) is 3.16. The van der Waals surface area contributed by atoms with Crippen LogP contribution in [-0.4, -0.2) is 3.21 Å². The van der Waals surface area contributed by atoms with E-state index < -0.39 is 22.8 Å². The zero-order valence-corrected chi connectivity index (χ0v) is 24.2. The van der Waals surface area contributed by atoms with Gasteiger partial charge in [-0.25, -0.2) is 0 Å². The standard InChI is InChI=1S/C28H33.C3H6.Zr/c1-17-11-18(2)22(12-17)25-15-21(28(6,7)8)16-26-23-14-20(27(3,4)5)10-9-19(23)13-24(25)26;1-3-2;/h9-16,18H,1-8H3;1-2H3;. The Labute approximate surface area is 207 Å². The summed E-state index contributed by atoms with van der Waals surface area (Å²) in [5.74, 6) is 0.487. The van der Waals surface area contributed by atoms with Gasteiger partial charge in [0.15, 0.2) is 0 Å². The molecular weight excluding hydrogens is 464 g/mol. The third-order valence-electron chi connectivity index (χ3n) is 6.99. The third kappa shape index (κ3) is 4.27. The second kappa shape index (κ2) is 8.16. The molecule has 0 heterocycles. The van der Waals surface area contributed by atoms with Gasteiger partial charge < -0.3 is 0 Å². The summed E-state index contributed by atoms with van der Waals surface area (Å²) in [4.78, 5) is 0. The first-order valence-electron chi connectivity index (χ1n) is 12.1. The Morgan fingerprint density at radius 2 is 1.41 bits per heavy atom. The average molecular weight is 503 g/mol. The molecule has 2 aliphatic rings. The van der Waals surface area contributed by atoms with Gasteiger partial charge in [-0.05, 0) is 0 Å². The predicted molar refractivity (Wildman–Crippen MR) is 138 cm³/mol. The number of benzene rings is 2. The van der Waals surface area contributed by atoms with Crippen LogP contribution in [0.2, 0.25) is 0 Å². The van der Waals surface area contributed by atoms with Gasteiger partial charge in [0.2, 0.25) is 0 Å². The van der Waals surface area contributed by atoms with Gasteiger partial charge in [-0.15, -0.1) is 0 Å². The Morgan fingerprint density at radius 3 is 1.94 bits per heavy atom. The fourth-order valence-electron chi connectivity index (χ4n) is 5.19. The number of fused-ring (bicyclic) bond motifs is 3. The van der Waals surface area contributed by atoms with Crippen LogP contribution in [0, 0.1) is 5.92 Å². The minimum atomic E-state index is -0.732. The molecule has 2 atom stereocenters. The molecule has 0 aliphatic heterocycles. The van der Waals surface area contributed by atoms with Crippen molar-refractivity contribution in [1.82, 2.24) is 0 Å². The van der Waals surface area contributed by atoms with Gasteiger partial charge in [0, 0.05) is 0 Å². The number of hydrogen-bond donors (Lipinski definition) is 0. The summed E-state index contributed by atoms with van der Waals surface area (Å²) in [6.45, 7) is 23.4. The van der Waals surface area contributed by atoms with Gasteiger partial charge in [0.1, 0.15) is 0 Å². The molecule has 2 aromatic carbocycles. The van der Waals surface area contributed by atoms with Crippen LogP contribution in [0.5, 0.6) is 0 Å². The fraction of sp³-hybridized carbons (Fsp3) is 0.452. The molecule has 0 radical (unpaired) electrons. The van der Waals surface area contributed by atoms with Gasteiger partial charge in [0.05, 0.1) is 0 Å². The first-order chi connectivity index (χ1) is 14.8. The summed E-state index contributed by atoms with van der Waals surface area (Å²) in [6, 6.07) is 12.5. The topological polar surface area (TPSA) is 0 Å². The van der Waals surface area contributed by atoms with Crippen molar-refractivity contribution in [3.8, 4) is 11.1 Å². The normalized spacial score (nSPS) is 19.8. The summed E-state index contributed by atoms with van der Waals surface area (Å²) in [6.07, 6.45) is 4.87. The van der Waals surface area contributed by atoms with Gasteiger partial charge in [-0.2, -0.15) is 0 Å². The Bertz CT molecular complexity index is 1170. The molecule has 0 aromatic heterocycles. The molecule has 0 amide bonds. The van der Waals surface area contributed by atoms with E-state index in [2.05, 4.69) is 112 Å². The van der Waals surface area contributed by atoms with Crippen molar-refractivity contribution in [3.63, 3.8) is 0 Å². The molecule has 32 heavy (non-hydrogen) atoms. The first-order valence-corrected chi connectivity index (χ1v) is 14.7. The maximum absolute atomic E-state index is 2.54. The molecule has 0 spiro atoms. The molecule has 2 unspecified atom stereocenters. The van der Waals surface area contributed by atoms with Crippen molar-refractivity contribution < 1.29 is 22.8 Å². The van der Waals surface area contributed by atoms with Crippen LogP contribution < -0.4 is 0 Å². The van der Waals surface area contributed by atoms with E-state index in [0.717, 1.165) is 0 Å². The zero-order chi connectivity index (χ0) is 23.6. The van der Waals surface area contributed by atoms with E-state index >= 15 is 0 Å². The van der Waals surface area contributed by atoms with Crippen LogP contribution in [0.1, 0.15) is 101 Å². The van der Waals surface area contributed by atoms with Gasteiger partial charge >= 0.3 is 208 Å². The third-order valence-corrected chi connectivity index (χ3v) is 10.6. The predicted octanol–water partition coefficient (Wildman–Crippen LogP) is 8.63. The van der Waals surface area contributed by atoms with Crippen molar-refractivity contribution in [2.45, 2.75) is 83.7 Å². The number of hydrogen-bond acceptors (Lipinski definition) is 0. The molecule has 2 aliphatic carbocycles. The number of rotatable bonds is 2. The van der Waals surface area contributed by atoms with E-state index in [9.17, 15) is 0 Å². The first kappa shape index (κ1) is 23.8. The molecule has 0 nitrogen and oxygen atoms in total. The summed E-state index contributed by atoms with van der Waals surface area (Å²) in [5.41, 5.74) is 13.9. The van der Waals surface area contributed by atoms with Crippen molar-refractivity contribution in [2.75, 3.05) is 0 Å². The van der Waals surface area contributed by atoms with Gasteiger partial charge in [0.25, 0.3) is 0 Å². The molecule has 0 fully saturated rings. The summed E-state index contributed by atoms with van der Waals surface area (Å²) in [5, 5.41) is 0. The molecular formula is C31H39Zr. The van der Waals surface area contributed by atoms with Crippen LogP contribution >= 0.6 is 0 Å². The van der Waals surface area contributed by atoms with E-state index in [1.54, 1.807) is 14.3 Å². The van der Waals surface area contributed by atoms with Crippen LogP contribution in [-0.2, 0) is 33.6 Å². The second-order valence-corrected chi connectivity index (χ2v) is 16.8. The quantitative estimate of drug-likeness (QED) is 0.385. The van der Waals surface area contributed by atoms with Crippen LogP contribution in [0.4, 0.5) is 0 Å². The molecule has 0 bridgehead atoms. The van der Waals surface area contributed by atoms with Crippen molar-refractivity contribution in [2.24, 2.45) is 5.92 Å². The number of allylic oxidation sites excluding steroid dienone is 4. The molecule has 4 rings (SSSR count). The van der Waals surface area contributed by atoms with Crippen molar-refractivity contribution in [3.05, 3.63) is 75.9 Å². The van der Waals surface area contributed by atoms with Gasteiger partial charge in [-0.3, -0.25) is 0 Å². The summed E-state index contributed by atoms with van der Waals surface area (Å²) < 4.78 is 2.28. The Balaban J connectivity index is 2.08. The van der Waals surface area contributed by atoms with E-state index in [4.69, 9.17) is 0 Å². The van der Waals surface area contributed by atoms with E-state index in [-0.39, 0.29) is 10.8 Å². The fourth-order valence-corrected chi connectivity index (χ4v) is 8.73. The van der Waals surface area contributed by atoms with Crippen LogP contribution in [0.15, 0.2) is 48.1 Å². The van der Waals surface area contributed by atoms with E-state index in [0.29, 0.717) is 9.54 Å². The van der Waals surface area contributed by atoms with E-state index in [1.807, 2.05) is 0 Å². The molecule has 2 aromatic rings. The Kier molecular flexibility index (Phi) is 6.07.